The molecule has 5 nitrogen and oxygen atoms in total. The van der Waals surface area contributed by atoms with Gasteiger partial charge in [0.2, 0.25) is 0 Å². The fourth-order valence-corrected chi connectivity index (χ4v) is 3.56. The number of fused-ring (bicyclic) bond motifs is 1. The molecule has 0 fully saturated rings. The number of benzene rings is 1. The van der Waals surface area contributed by atoms with Crippen molar-refractivity contribution >= 4 is 34.4 Å². The fraction of sp³-hybridized carbons (Fsp3) is 0.118. The van der Waals surface area contributed by atoms with Crippen molar-refractivity contribution in [1.82, 2.24) is 19.8 Å². The Morgan fingerprint density at radius 3 is 2.84 bits per heavy atom. The average molecular weight is 374 g/mol. The number of thiophene rings is 1. The van der Waals surface area contributed by atoms with Gasteiger partial charge in [0.1, 0.15) is 11.6 Å². The molecule has 0 aliphatic carbocycles. The summed E-state index contributed by atoms with van der Waals surface area (Å²) in [7, 11) is 0. The zero-order chi connectivity index (χ0) is 17.4. The molecule has 0 aliphatic rings. The molecule has 25 heavy (non-hydrogen) atoms. The lowest BCUT2D eigenvalue weighted by Gasteiger charge is -2.16. The lowest BCUT2D eigenvalue weighted by molar-refractivity contribution is 0.626. The van der Waals surface area contributed by atoms with E-state index in [-0.39, 0.29) is 11.9 Å². The summed E-state index contributed by atoms with van der Waals surface area (Å²) in [5.74, 6) is 0.981. The van der Waals surface area contributed by atoms with Crippen molar-refractivity contribution in [3.63, 3.8) is 0 Å². The highest BCUT2D eigenvalue weighted by atomic mass is 35.5. The van der Waals surface area contributed by atoms with Crippen molar-refractivity contribution < 1.29 is 4.39 Å². The van der Waals surface area contributed by atoms with E-state index in [1.54, 1.807) is 21.9 Å². The van der Waals surface area contributed by atoms with Gasteiger partial charge in [-0.25, -0.2) is 4.39 Å². The van der Waals surface area contributed by atoms with Crippen LogP contribution in [0.15, 0.2) is 47.2 Å². The van der Waals surface area contributed by atoms with E-state index in [4.69, 9.17) is 11.6 Å². The summed E-state index contributed by atoms with van der Waals surface area (Å²) in [5, 5.41) is 20.6. The van der Waals surface area contributed by atoms with E-state index < -0.39 is 0 Å². The third kappa shape index (κ3) is 3.08. The van der Waals surface area contributed by atoms with Crippen LogP contribution in [0.2, 0.25) is 5.02 Å². The number of rotatable bonds is 4. The summed E-state index contributed by atoms with van der Waals surface area (Å²) in [5.41, 5.74) is 2.43. The van der Waals surface area contributed by atoms with Crippen LogP contribution in [0.25, 0.3) is 17.0 Å². The third-order valence-corrected chi connectivity index (χ3v) is 4.85. The van der Waals surface area contributed by atoms with Crippen LogP contribution in [-0.2, 0) is 0 Å². The summed E-state index contributed by atoms with van der Waals surface area (Å²) >= 11 is 7.73. The molecule has 126 valence electrons. The van der Waals surface area contributed by atoms with E-state index in [1.807, 2.05) is 35.9 Å². The molecule has 1 atom stereocenters. The molecule has 0 spiro atoms. The Balaban J connectivity index is 1.66. The Hall–Kier alpha value is -2.51. The maximum atomic E-state index is 13.2. The molecule has 0 radical (unpaired) electrons. The van der Waals surface area contributed by atoms with Crippen LogP contribution in [-0.4, -0.2) is 19.8 Å². The van der Waals surface area contributed by atoms with E-state index in [0.29, 0.717) is 22.3 Å². The fourth-order valence-electron chi connectivity index (χ4n) is 2.59. The first-order valence-electron chi connectivity index (χ1n) is 7.58. The Kier molecular flexibility index (Phi) is 4.10. The number of aromatic nitrogens is 4. The normalized spacial score (nSPS) is 12.4. The van der Waals surface area contributed by atoms with Gasteiger partial charge in [0.05, 0.1) is 6.04 Å². The van der Waals surface area contributed by atoms with Crippen molar-refractivity contribution in [3.05, 3.63) is 63.6 Å². The Bertz CT molecular complexity index is 1030. The predicted molar refractivity (Wildman–Crippen MR) is 97.5 cm³/mol. The molecule has 8 heteroatoms. The van der Waals surface area contributed by atoms with Gasteiger partial charge in [0, 0.05) is 16.0 Å². The summed E-state index contributed by atoms with van der Waals surface area (Å²) in [6, 6.07) is 9.88. The van der Waals surface area contributed by atoms with Crippen LogP contribution in [0, 0.1) is 5.82 Å². The molecule has 0 bridgehead atoms. The molecule has 1 unspecified atom stereocenters. The lowest BCUT2D eigenvalue weighted by Crippen LogP contribution is -2.10. The van der Waals surface area contributed by atoms with Crippen LogP contribution >= 0.6 is 22.9 Å². The molecular formula is C17H13ClFN5S. The summed E-state index contributed by atoms with van der Waals surface area (Å²) in [6.45, 7) is 1.94. The zero-order valence-electron chi connectivity index (χ0n) is 13.1. The number of anilines is 1. The lowest BCUT2D eigenvalue weighted by atomic mass is 10.1. The van der Waals surface area contributed by atoms with Crippen LogP contribution in [0.5, 0.6) is 0 Å². The molecule has 3 aromatic heterocycles. The standard InChI is InChI=1S/C17H13ClFN5S/c1-10(13-3-2-12(19)8-14(13)18)20-15-4-5-16-21-22-17(24(16)23-15)11-6-7-25-9-11/h2-10H,1H3,(H,20,23). The zero-order valence-corrected chi connectivity index (χ0v) is 14.7. The molecule has 1 aromatic carbocycles. The first-order chi connectivity index (χ1) is 12.1. The molecule has 0 saturated heterocycles. The molecule has 4 rings (SSSR count). The van der Waals surface area contributed by atoms with Crippen molar-refractivity contribution in [2.24, 2.45) is 0 Å². The maximum Gasteiger partial charge on any atom is 0.186 e. The molecule has 0 saturated carbocycles. The van der Waals surface area contributed by atoms with Gasteiger partial charge in [-0.05, 0) is 48.2 Å². The van der Waals surface area contributed by atoms with E-state index in [0.717, 1.165) is 11.1 Å². The van der Waals surface area contributed by atoms with E-state index in [2.05, 4.69) is 20.6 Å². The summed E-state index contributed by atoms with van der Waals surface area (Å²) in [4.78, 5) is 0. The van der Waals surface area contributed by atoms with Gasteiger partial charge in [-0.1, -0.05) is 17.7 Å². The predicted octanol–water partition coefficient (Wildman–Crippen LogP) is 4.82. The van der Waals surface area contributed by atoms with Crippen molar-refractivity contribution in [2.75, 3.05) is 5.32 Å². The molecule has 3 heterocycles. The van der Waals surface area contributed by atoms with Gasteiger partial charge >= 0.3 is 0 Å². The minimum absolute atomic E-state index is 0.140. The van der Waals surface area contributed by atoms with Crippen LogP contribution in [0.4, 0.5) is 10.2 Å². The van der Waals surface area contributed by atoms with Gasteiger partial charge in [0.15, 0.2) is 11.5 Å². The number of hydrogen-bond donors (Lipinski definition) is 1. The monoisotopic (exact) mass is 373 g/mol. The van der Waals surface area contributed by atoms with Gasteiger partial charge in [-0.2, -0.15) is 15.9 Å². The average Bonchev–Trinajstić information content (AvgIpc) is 3.23. The first-order valence-corrected chi connectivity index (χ1v) is 8.90. The van der Waals surface area contributed by atoms with E-state index >= 15 is 0 Å². The maximum absolute atomic E-state index is 13.2. The second-order valence-electron chi connectivity index (χ2n) is 5.56. The SMILES string of the molecule is CC(Nc1ccc2nnc(-c3ccsc3)n2n1)c1ccc(F)cc1Cl. The van der Waals surface area contributed by atoms with Crippen molar-refractivity contribution in [2.45, 2.75) is 13.0 Å². The molecule has 0 aliphatic heterocycles. The topological polar surface area (TPSA) is 55.1 Å². The number of nitrogens with one attached hydrogen (secondary N) is 1. The third-order valence-electron chi connectivity index (χ3n) is 3.84. The van der Waals surface area contributed by atoms with Gasteiger partial charge in [0.25, 0.3) is 0 Å². The van der Waals surface area contributed by atoms with Gasteiger partial charge < -0.3 is 5.32 Å². The molecule has 1 N–H and O–H groups in total. The Labute approximate surface area is 152 Å². The second-order valence-corrected chi connectivity index (χ2v) is 6.74. The van der Waals surface area contributed by atoms with E-state index in [9.17, 15) is 4.39 Å². The minimum Gasteiger partial charge on any atom is -0.362 e. The number of hydrogen-bond acceptors (Lipinski definition) is 5. The molecule has 4 aromatic rings. The quantitative estimate of drug-likeness (QED) is 0.557. The second kappa shape index (κ2) is 6.42. The highest BCUT2D eigenvalue weighted by Gasteiger charge is 2.14. The smallest absolute Gasteiger partial charge is 0.186 e. The number of halogens is 2. The Morgan fingerprint density at radius 1 is 1.20 bits per heavy atom. The van der Waals surface area contributed by atoms with Crippen LogP contribution in [0.3, 0.4) is 0 Å². The summed E-state index contributed by atoms with van der Waals surface area (Å²) < 4.78 is 14.9. The van der Waals surface area contributed by atoms with E-state index in [1.165, 1.54) is 12.1 Å². The van der Waals surface area contributed by atoms with Gasteiger partial charge in [-0.15, -0.1) is 15.3 Å². The molecule has 0 amide bonds. The van der Waals surface area contributed by atoms with Crippen LogP contribution < -0.4 is 5.32 Å². The summed E-state index contributed by atoms with van der Waals surface area (Å²) in [6.07, 6.45) is 0. The first kappa shape index (κ1) is 16.0. The minimum atomic E-state index is -0.356. The van der Waals surface area contributed by atoms with Crippen LogP contribution in [0.1, 0.15) is 18.5 Å². The largest absolute Gasteiger partial charge is 0.362 e. The highest BCUT2D eigenvalue weighted by molar-refractivity contribution is 7.08. The van der Waals surface area contributed by atoms with Crippen molar-refractivity contribution in [3.8, 4) is 11.4 Å². The van der Waals surface area contributed by atoms with Crippen molar-refractivity contribution in [1.29, 1.82) is 0 Å². The Morgan fingerprint density at radius 2 is 2.08 bits per heavy atom. The molecular weight excluding hydrogens is 361 g/mol. The number of nitrogens with zero attached hydrogens (tertiary/aromatic N) is 4. The van der Waals surface area contributed by atoms with Gasteiger partial charge in [-0.3, -0.25) is 0 Å². The highest BCUT2D eigenvalue weighted by Crippen LogP contribution is 2.27.